The van der Waals surface area contributed by atoms with Crippen LogP contribution in [-0.2, 0) is 4.79 Å². The Morgan fingerprint density at radius 3 is 1.57 bits per heavy atom. The molecule has 0 saturated heterocycles. The van der Waals surface area contributed by atoms with E-state index in [1.54, 1.807) is 16.5 Å². The Bertz CT molecular complexity index is 80.6. The van der Waals surface area contributed by atoms with E-state index in [0.717, 1.165) is 0 Å². The molecule has 0 aliphatic heterocycles. The quantitative estimate of drug-likeness (QED) is 0.474. The van der Waals surface area contributed by atoms with Gasteiger partial charge in [0, 0.05) is 0 Å². The van der Waals surface area contributed by atoms with Crippen molar-refractivity contribution in [3.63, 3.8) is 0 Å². The average Bonchev–Trinajstić information content (AvgIpc) is 1.31. The molecule has 0 atom stereocenters. The molecule has 0 unspecified atom stereocenters. The first-order valence-electron chi connectivity index (χ1n) is 2.20. The van der Waals surface area contributed by atoms with Crippen molar-refractivity contribution in [3.8, 4) is 0 Å². The minimum atomic E-state index is -0.139. The molecule has 0 fully saturated rings. The molecule has 0 N–H and O–H groups in total. The number of rotatable bonds is 0. The summed E-state index contributed by atoms with van der Waals surface area (Å²) in [6, 6.07) is 0. The molecule has 0 aromatic carbocycles. The molecule has 3 radical (unpaired) electrons. The maximum atomic E-state index is 10.5. The van der Waals surface area contributed by atoms with Crippen molar-refractivity contribution >= 4 is 21.1 Å². The summed E-state index contributed by atoms with van der Waals surface area (Å²) in [4.78, 5) is 10.5. The number of hydrogen-bond donors (Lipinski definition) is 0. The number of carbonyl (C=O) groups excluding carboxylic acids is 1. The third kappa shape index (κ3) is 2.86. The summed E-state index contributed by atoms with van der Waals surface area (Å²) >= 11 is 1.61. The first kappa shape index (κ1) is 7.21. The molecule has 39 valence electrons. The summed E-state index contributed by atoms with van der Waals surface area (Å²) in [6.45, 7) is 5.74. The summed E-state index contributed by atoms with van der Waals surface area (Å²) < 4.78 is 0.243. The van der Waals surface area contributed by atoms with Crippen LogP contribution in [0.5, 0.6) is 0 Å². The van der Waals surface area contributed by atoms with Gasteiger partial charge in [0.2, 0.25) is 0 Å². The molecule has 0 amide bonds. The molecule has 0 aromatic rings. The summed E-state index contributed by atoms with van der Waals surface area (Å²) in [5.41, 5.74) is -0.139. The van der Waals surface area contributed by atoms with Crippen LogP contribution < -0.4 is 0 Å². The monoisotopic (exact) mass is 159 g/mol. The molecule has 0 aliphatic rings. The van der Waals surface area contributed by atoms with E-state index in [4.69, 9.17) is 0 Å². The third-order valence-electron chi connectivity index (χ3n) is 0.681. The van der Waals surface area contributed by atoms with Crippen molar-refractivity contribution in [2.24, 2.45) is 5.41 Å². The minimum absolute atomic E-state index is 0.139. The van der Waals surface area contributed by atoms with Gasteiger partial charge in [-0.2, -0.15) is 0 Å². The standard InChI is InChI=1S/C5H9GeO/c1-5(2,3)4(6)7/h1-3H3. The maximum absolute atomic E-state index is 10.5. The van der Waals surface area contributed by atoms with Crippen molar-refractivity contribution in [2.45, 2.75) is 20.8 Å². The van der Waals surface area contributed by atoms with Crippen LogP contribution in [0.4, 0.5) is 0 Å². The number of carbonyl (C=O) groups is 1. The molecule has 0 aromatic heterocycles. The van der Waals surface area contributed by atoms with Crippen molar-refractivity contribution in [3.05, 3.63) is 0 Å². The van der Waals surface area contributed by atoms with E-state index in [1.807, 2.05) is 20.8 Å². The van der Waals surface area contributed by atoms with Gasteiger partial charge >= 0.3 is 52.1 Å². The predicted molar refractivity (Wildman–Crippen MR) is 30.2 cm³/mol. The van der Waals surface area contributed by atoms with Gasteiger partial charge in [-0.15, -0.1) is 0 Å². The zero-order valence-corrected chi connectivity index (χ0v) is 7.01. The Balaban J connectivity index is 3.79. The van der Waals surface area contributed by atoms with Crippen LogP contribution in [0.2, 0.25) is 0 Å². The van der Waals surface area contributed by atoms with Gasteiger partial charge in [-0.1, -0.05) is 0 Å². The summed E-state index contributed by atoms with van der Waals surface area (Å²) in [7, 11) is 0. The Morgan fingerprint density at radius 1 is 1.43 bits per heavy atom. The Hall–Kier alpha value is 0.213. The zero-order chi connectivity index (χ0) is 6.08. The second kappa shape index (κ2) is 1.99. The van der Waals surface area contributed by atoms with Crippen LogP contribution >= 0.6 is 0 Å². The van der Waals surface area contributed by atoms with E-state index in [9.17, 15) is 4.79 Å². The summed E-state index contributed by atoms with van der Waals surface area (Å²) in [5, 5.41) is 0. The van der Waals surface area contributed by atoms with Crippen LogP contribution in [0, 0.1) is 5.41 Å². The molecule has 0 heterocycles. The summed E-state index contributed by atoms with van der Waals surface area (Å²) in [6.07, 6.45) is 0. The Labute approximate surface area is 52.7 Å². The fourth-order valence-electron chi connectivity index (χ4n) is 0. The SMILES string of the molecule is CC(C)(C)[C](=O)[Ge]. The second-order valence-electron chi connectivity index (χ2n) is 2.58. The predicted octanol–water partition coefficient (Wildman–Crippen LogP) is 0.728. The van der Waals surface area contributed by atoms with Crippen molar-refractivity contribution in [1.29, 1.82) is 0 Å². The van der Waals surface area contributed by atoms with Gasteiger partial charge in [0.05, 0.1) is 0 Å². The molecule has 0 saturated carbocycles. The summed E-state index contributed by atoms with van der Waals surface area (Å²) in [5.74, 6) is 0. The topological polar surface area (TPSA) is 17.1 Å². The van der Waals surface area contributed by atoms with E-state index in [0.29, 0.717) is 0 Å². The van der Waals surface area contributed by atoms with Crippen LogP contribution in [-0.4, -0.2) is 21.1 Å². The Morgan fingerprint density at radius 2 is 1.57 bits per heavy atom. The molecule has 0 aliphatic carbocycles. The van der Waals surface area contributed by atoms with Crippen molar-refractivity contribution < 1.29 is 4.79 Å². The van der Waals surface area contributed by atoms with Gasteiger partial charge in [0.1, 0.15) is 0 Å². The average molecular weight is 158 g/mol. The molecule has 1 nitrogen and oxygen atoms in total. The zero-order valence-electron chi connectivity index (χ0n) is 4.91. The fraction of sp³-hybridized carbons (Fsp3) is 0.800. The molecule has 0 rings (SSSR count). The van der Waals surface area contributed by atoms with Crippen LogP contribution in [0.3, 0.4) is 0 Å². The van der Waals surface area contributed by atoms with Gasteiger partial charge < -0.3 is 0 Å². The molecule has 0 bridgehead atoms. The van der Waals surface area contributed by atoms with Gasteiger partial charge in [0.25, 0.3) is 0 Å². The van der Waals surface area contributed by atoms with Crippen LogP contribution in [0.25, 0.3) is 0 Å². The fourth-order valence-corrected chi connectivity index (χ4v) is 0. The van der Waals surface area contributed by atoms with E-state index < -0.39 is 0 Å². The van der Waals surface area contributed by atoms with Crippen molar-refractivity contribution in [1.82, 2.24) is 0 Å². The van der Waals surface area contributed by atoms with Gasteiger partial charge in [-0.25, -0.2) is 0 Å². The Kier molecular flexibility index (Phi) is 2.05. The van der Waals surface area contributed by atoms with Gasteiger partial charge in [0.15, 0.2) is 0 Å². The van der Waals surface area contributed by atoms with Crippen LogP contribution in [0.1, 0.15) is 20.8 Å². The van der Waals surface area contributed by atoms with E-state index in [1.165, 1.54) is 0 Å². The first-order chi connectivity index (χ1) is 2.94. The second-order valence-corrected chi connectivity index (χ2v) is 3.53. The molecular weight excluding hydrogens is 149 g/mol. The van der Waals surface area contributed by atoms with Crippen LogP contribution in [0.15, 0.2) is 0 Å². The van der Waals surface area contributed by atoms with E-state index in [-0.39, 0.29) is 10.0 Å². The molecule has 7 heavy (non-hydrogen) atoms. The van der Waals surface area contributed by atoms with E-state index >= 15 is 0 Å². The van der Waals surface area contributed by atoms with Crippen molar-refractivity contribution in [2.75, 3.05) is 0 Å². The van der Waals surface area contributed by atoms with Gasteiger partial charge in [-0.05, 0) is 0 Å². The molecular formula is C5H9GeO. The number of hydrogen-bond acceptors (Lipinski definition) is 1. The third-order valence-corrected chi connectivity index (χ3v) is 2.25. The van der Waals surface area contributed by atoms with E-state index in [2.05, 4.69) is 0 Å². The molecule has 2 heteroatoms. The first-order valence-corrected chi connectivity index (χ1v) is 3.25. The normalized spacial score (nSPS) is 11.4. The van der Waals surface area contributed by atoms with Gasteiger partial charge in [-0.3, -0.25) is 0 Å². The molecule has 0 spiro atoms.